The van der Waals surface area contributed by atoms with Crippen LogP contribution in [0.15, 0.2) is 44.9 Å². The summed E-state index contributed by atoms with van der Waals surface area (Å²) in [5.74, 6) is 0.794. The number of nitrogens with zero attached hydrogens (tertiary/aromatic N) is 2. The van der Waals surface area contributed by atoms with Crippen molar-refractivity contribution in [2.75, 3.05) is 5.32 Å². The Labute approximate surface area is 125 Å². The smallest absolute Gasteiger partial charge is 0.144 e. The van der Waals surface area contributed by atoms with E-state index in [-0.39, 0.29) is 0 Å². The van der Waals surface area contributed by atoms with Gasteiger partial charge < -0.3 is 5.32 Å². The summed E-state index contributed by atoms with van der Waals surface area (Å²) in [6.07, 6.45) is 1.76. The summed E-state index contributed by atoms with van der Waals surface area (Å²) in [4.78, 5) is 8.58. The number of anilines is 2. The number of nitrogens with one attached hydrogen (secondary N) is 1. The molecule has 2 heterocycles. The maximum absolute atomic E-state index is 4.32. The lowest BCUT2D eigenvalue weighted by Crippen LogP contribution is -1.94. The molecule has 1 N–H and O–H groups in total. The fourth-order valence-electron chi connectivity index (χ4n) is 1.58. The summed E-state index contributed by atoms with van der Waals surface area (Å²) in [6.45, 7) is 0. The van der Waals surface area contributed by atoms with E-state index >= 15 is 0 Å². The Morgan fingerprint density at radius 1 is 1.11 bits per heavy atom. The second-order valence-electron chi connectivity index (χ2n) is 3.64. The molecule has 18 heavy (non-hydrogen) atoms. The van der Waals surface area contributed by atoms with Crippen molar-refractivity contribution >= 4 is 64.9 Å². The zero-order chi connectivity index (χ0) is 12.5. The van der Waals surface area contributed by atoms with Crippen LogP contribution in [0.4, 0.5) is 11.5 Å². The molecule has 0 atom stereocenters. The first-order valence-electron chi connectivity index (χ1n) is 5.14. The summed E-state index contributed by atoms with van der Waals surface area (Å²) in [5, 5.41) is 3.28. The van der Waals surface area contributed by atoms with Gasteiger partial charge in [-0.3, -0.25) is 0 Å². The molecule has 90 valence electrons. The Balaban J connectivity index is 1.95. The van der Waals surface area contributed by atoms with Crippen LogP contribution in [0.3, 0.4) is 0 Å². The highest BCUT2D eigenvalue weighted by molar-refractivity contribution is 9.11. The lowest BCUT2D eigenvalue weighted by Gasteiger charge is -2.07. The van der Waals surface area contributed by atoms with Crippen LogP contribution in [0.5, 0.6) is 0 Å². The molecule has 0 bridgehead atoms. The Bertz CT molecular complexity index is 711. The van der Waals surface area contributed by atoms with Gasteiger partial charge in [-0.15, -0.1) is 11.3 Å². The number of benzene rings is 1. The number of fused-ring (bicyclic) bond motifs is 1. The van der Waals surface area contributed by atoms with Gasteiger partial charge in [-0.05, 0) is 56.1 Å². The molecule has 0 aliphatic heterocycles. The normalized spacial score (nSPS) is 10.8. The zero-order valence-corrected chi connectivity index (χ0v) is 13.0. The standard InChI is InChI=1S/C12H7Br2N3S/c13-7-3-9(14)12(15-5-7)17-8-1-2-10-11(4-8)18-6-16-10/h1-6H,(H,15,17). The Morgan fingerprint density at radius 3 is 2.83 bits per heavy atom. The van der Waals surface area contributed by atoms with Gasteiger partial charge in [0.1, 0.15) is 5.82 Å². The van der Waals surface area contributed by atoms with Crippen molar-refractivity contribution in [3.05, 3.63) is 44.9 Å². The number of rotatable bonds is 2. The van der Waals surface area contributed by atoms with E-state index in [9.17, 15) is 0 Å². The van der Waals surface area contributed by atoms with Crippen LogP contribution in [0, 0.1) is 0 Å². The van der Waals surface area contributed by atoms with Crippen molar-refractivity contribution in [1.82, 2.24) is 9.97 Å². The van der Waals surface area contributed by atoms with Gasteiger partial charge in [-0.2, -0.15) is 0 Å². The van der Waals surface area contributed by atoms with Crippen molar-refractivity contribution in [3.63, 3.8) is 0 Å². The third kappa shape index (κ3) is 2.41. The first-order chi connectivity index (χ1) is 8.72. The number of aromatic nitrogens is 2. The average molecular weight is 385 g/mol. The van der Waals surface area contributed by atoms with Crippen LogP contribution in [-0.2, 0) is 0 Å². The van der Waals surface area contributed by atoms with E-state index in [1.54, 1.807) is 17.5 Å². The summed E-state index contributed by atoms with van der Waals surface area (Å²) < 4.78 is 3.02. The lowest BCUT2D eigenvalue weighted by atomic mass is 10.3. The van der Waals surface area contributed by atoms with Crippen LogP contribution >= 0.6 is 43.2 Å². The molecule has 3 aromatic rings. The number of thiazole rings is 1. The molecule has 3 nitrogen and oxygen atoms in total. The number of hydrogen-bond donors (Lipinski definition) is 1. The van der Waals surface area contributed by atoms with Gasteiger partial charge in [-0.1, -0.05) is 0 Å². The molecule has 0 aliphatic carbocycles. The predicted octanol–water partition coefficient (Wildman–Crippen LogP) is 4.96. The minimum absolute atomic E-state index is 0.794. The minimum Gasteiger partial charge on any atom is -0.339 e. The zero-order valence-electron chi connectivity index (χ0n) is 9.02. The molecule has 6 heteroatoms. The second-order valence-corrected chi connectivity index (χ2v) is 6.30. The van der Waals surface area contributed by atoms with Gasteiger partial charge in [0.05, 0.1) is 20.2 Å². The van der Waals surface area contributed by atoms with Crippen molar-refractivity contribution in [3.8, 4) is 0 Å². The van der Waals surface area contributed by atoms with Crippen molar-refractivity contribution in [2.45, 2.75) is 0 Å². The van der Waals surface area contributed by atoms with E-state index in [4.69, 9.17) is 0 Å². The summed E-state index contributed by atoms with van der Waals surface area (Å²) in [5.41, 5.74) is 3.87. The molecular formula is C12H7Br2N3S. The molecule has 0 saturated heterocycles. The molecular weight excluding hydrogens is 378 g/mol. The Hall–Kier alpha value is -0.980. The van der Waals surface area contributed by atoms with Crippen LogP contribution in [0.1, 0.15) is 0 Å². The summed E-state index contributed by atoms with van der Waals surface area (Å²) >= 11 is 8.49. The third-order valence-electron chi connectivity index (χ3n) is 2.40. The van der Waals surface area contributed by atoms with Crippen LogP contribution in [0.2, 0.25) is 0 Å². The van der Waals surface area contributed by atoms with E-state index in [1.807, 2.05) is 23.7 Å². The lowest BCUT2D eigenvalue weighted by molar-refractivity contribution is 1.28. The van der Waals surface area contributed by atoms with E-state index in [2.05, 4.69) is 53.2 Å². The predicted molar refractivity (Wildman–Crippen MR) is 82.5 cm³/mol. The van der Waals surface area contributed by atoms with Crippen LogP contribution < -0.4 is 5.32 Å². The second kappa shape index (κ2) is 4.95. The third-order valence-corrected chi connectivity index (χ3v) is 4.23. The molecule has 0 aliphatic rings. The monoisotopic (exact) mass is 383 g/mol. The Morgan fingerprint density at radius 2 is 2.00 bits per heavy atom. The molecule has 0 fully saturated rings. The van der Waals surface area contributed by atoms with Gasteiger partial charge in [0, 0.05) is 16.4 Å². The molecule has 3 rings (SSSR count). The quantitative estimate of drug-likeness (QED) is 0.678. The fourth-order valence-corrected chi connectivity index (χ4v) is 3.38. The van der Waals surface area contributed by atoms with Crippen molar-refractivity contribution in [1.29, 1.82) is 0 Å². The highest BCUT2D eigenvalue weighted by Crippen LogP contribution is 2.28. The first kappa shape index (κ1) is 12.1. The maximum atomic E-state index is 4.32. The van der Waals surface area contributed by atoms with Crippen LogP contribution in [-0.4, -0.2) is 9.97 Å². The molecule has 0 amide bonds. The van der Waals surface area contributed by atoms with Crippen molar-refractivity contribution < 1.29 is 0 Å². The highest BCUT2D eigenvalue weighted by Gasteiger charge is 2.04. The van der Waals surface area contributed by atoms with Crippen LogP contribution in [0.25, 0.3) is 10.2 Å². The Kier molecular flexibility index (Phi) is 3.32. The van der Waals surface area contributed by atoms with Gasteiger partial charge in [-0.25, -0.2) is 9.97 Å². The summed E-state index contributed by atoms with van der Waals surface area (Å²) in [6, 6.07) is 8.03. The first-order valence-corrected chi connectivity index (χ1v) is 7.60. The van der Waals surface area contributed by atoms with Gasteiger partial charge in [0.2, 0.25) is 0 Å². The number of pyridine rings is 1. The SMILES string of the molecule is Brc1cnc(Nc2ccc3ncsc3c2)c(Br)c1. The minimum atomic E-state index is 0.794. The van der Waals surface area contributed by atoms with Gasteiger partial charge >= 0.3 is 0 Å². The topological polar surface area (TPSA) is 37.8 Å². The number of hydrogen-bond acceptors (Lipinski definition) is 4. The molecule has 0 saturated carbocycles. The maximum Gasteiger partial charge on any atom is 0.144 e. The molecule has 0 spiro atoms. The number of halogens is 2. The molecule has 1 aromatic carbocycles. The largest absolute Gasteiger partial charge is 0.339 e. The molecule has 0 unspecified atom stereocenters. The molecule has 2 aromatic heterocycles. The van der Waals surface area contributed by atoms with E-state index in [0.717, 1.165) is 30.7 Å². The van der Waals surface area contributed by atoms with E-state index in [0.29, 0.717) is 0 Å². The van der Waals surface area contributed by atoms with Crippen molar-refractivity contribution in [2.24, 2.45) is 0 Å². The average Bonchev–Trinajstić information content (AvgIpc) is 2.80. The van der Waals surface area contributed by atoms with E-state index < -0.39 is 0 Å². The van der Waals surface area contributed by atoms with Gasteiger partial charge in [0.25, 0.3) is 0 Å². The van der Waals surface area contributed by atoms with E-state index in [1.165, 1.54) is 0 Å². The highest BCUT2D eigenvalue weighted by atomic mass is 79.9. The van der Waals surface area contributed by atoms with Gasteiger partial charge in [0.15, 0.2) is 0 Å². The molecule has 0 radical (unpaired) electrons. The summed E-state index contributed by atoms with van der Waals surface area (Å²) in [7, 11) is 0. The fraction of sp³-hybridized carbons (Fsp3) is 0.